The minimum Gasteiger partial charge on any atom is -0.444 e. The van der Waals surface area contributed by atoms with Crippen LogP contribution in [0.25, 0.3) is 11.3 Å². The Morgan fingerprint density at radius 1 is 1.12 bits per heavy atom. The number of amides is 1. The smallest absolute Gasteiger partial charge is 0.410 e. The summed E-state index contributed by atoms with van der Waals surface area (Å²) in [5.74, 6) is 0. The summed E-state index contributed by atoms with van der Waals surface area (Å²) in [7, 11) is 0. The molecule has 0 atom stereocenters. The highest BCUT2D eigenvalue weighted by Gasteiger charge is 2.28. The molecule has 24 heavy (non-hydrogen) atoms. The van der Waals surface area contributed by atoms with Crippen molar-refractivity contribution in [1.29, 1.82) is 0 Å². The molecule has 0 saturated carbocycles. The van der Waals surface area contributed by atoms with Crippen molar-refractivity contribution in [2.75, 3.05) is 13.1 Å². The lowest BCUT2D eigenvalue weighted by Gasteiger charge is -2.34. The Balaban J connectivity index is 1.66. The molecular formula is C19H25N3O2. The second-order valence-electron chi connectivity index (χ2n) is 7.23. The standard InChI is InChI=1S/C19H25N3O2/c1-19(2,3)24-18(23)21-13-10-16(11-14-21)22-17(9-12-20-22)15-7-5-4-6-8-15/h4-9,12,16H,10-11,13-14H2,1-3H3. The SMILES string of the molecule is CC(C)(C)OC(=O)N1CCC(n2nccc2-c2ccccc2)CC1. The van der Waals surface area contributed by atoms with Crippen molar-refractivity contribution in [2.24, 2.45) is 0 Å². The first kappa shape index (κ1) is 16.6. The maximum Gasteiger partial charge on any atom is 0.410 e. The van der Waals surface area contributed by atoms with Gasteiger partial charge >= 0.3 is 6.09 Å². The van der Waals surface area contributed by atoms with Crippen LogP contribution in [0.1, 0.15) is 39.7 Å². The van der Waals surface area contributed by atoms with E-state index < -0.39 is 5.60 Å². The average Bonchev–Trinajstić information content (AvgIpc) is 3.04. The van der Waals surface area contributed by atoms with Crippen molar-refractivity contribution in [1.82, 2.24) is 14.7 Å². The molecular weight excluding hydrogens is 302 g/mol. The van der Waals surface area contributed by atoms with Gasteiger partial charge in [0.1, 0.15) is 5.60 Å². The number of benzene rings is 1. The van der Waals surface area contributed by atoms with Crippen molar-refractivity contribution in [3.63, 3.8) is 0 Å². The van der Waals surface area contributed by atoms with Crippen molar-refractivity contribution < 1.29 is 9.53 Å². The van der Waals surface area contributed by atoms with Gasteiger partial charge in [0, 0.05) is 19.3 Å². The Kier molecular flexibility index (Phi) is 4.60. The third-order valence-electron chi connectivity index (χ3n) is 4.20. The minimum atomic E-state index is -0.448. The summed E-state index contributed by atoms with van der Waals surface area (Å²) in [6, 6.07) is 12.7. The summed E-state index contributed by atoms with van der Waals surface area (Å²) < 4.78 is 7.56. The van der Waals surface area contributed by atoms with Gasteiger partial charge in [0.15, 0.2) is 0 Å². The Labute approximate surface area is 143 Å². The van der Waals surface area contributed by atoms with Gasteiger partial charge in [0.05, 0.1) is 11.7 Å². The highest BCUT2D eigenvalue weighted by Crippen LogP contribution is 2.28. The lowest BCUT2D eigenvalue weighted by Crippen LogP contribution is -2.42. The van der Waals surface area contributed by atoms with Crippen molar-refractivity contribution in [3.05, 3.63) is 42.6 Å². The molecule has 0 spiro atoms. The van der Waals surface area contributed by atoms with E-state index >= 15 is 0 Å². The van der Waals surface area contributed by atoms with E-state index in [9.17, 15) is 4.79 Å². The van der Waals surface area contributed by atoms with Crippen LogP contribution in [-0.4, -0.2) is 39.5 Å². The minimum absolute atomic E-state index is 0.218. The summed E-state index contributed by atoms with van der Waals surface area (Å²) in [5.41, 5.74) is 1.85. The number of likely N-dealkylation sites (tertiary alicyclic amines) is 1. The Morgan fingerprint density at radius 3 is 2.42 bits per heavy atom. The van der Waals surface area contributed by atoms with Crippen LogP contribution < -0.4 is 0 Å². The fourth-order valence-corrected chi connectivity index (χ4v) is 3.06. The Morgan fingerprint density at radius 2 is 1.79 bits per heavy atom. The molecule has 1 fully saturated rings. The van der Waals surface area contributed by atoms with Gasteiger partial charge in [0.2, 0.25) is 0 Å². The van der Waals surface area contributed by atoms with E-state index in [1.54, 1.807) is 4.90 Å². The molecule has 1 aromatic carbocycles. The number of nitrogens with zero attached hydrogens (tertiary/aromatic N) is 3. The molecule has 0 N–H and O–H groups in total. The fraction of sp³-hybridized carbons (Fsp3) is 0.474. The van der Waals surface area contributed by atoms with Crippen molar-refractivity contribution in [2.45, 2.75) is 45.3 Å². The molecule has 0 unspecified atom stereocenters. The largest absolute Gasteiger partial charge is 0.444 e. The predicted molar refractivity (Wildman–Crippen MR) is 93.7 cm³/mol. The molecule has 1 aliphatic heterocycles. The van der Waals surface area contributed by atoms with Crippen LogP contribution in [0, 0.1) is 0 Å². The maximum absolute atomic E-state index is 12.2. The van der Waals surface area contributed by atoms with Crippen molar-refractivity contribution in [3.8, 4) is 11.3 Å². The van der Waals surface area contributed by atoms with E-state index in [4.69, 9.17) is 4.74 Å². The normalized spacial score (nSPS) is 16.2. The summed E-state index contributed by atoms with van der Waals surface area (Å²) in [6.07, 6.45) is 3.41. The number of ether oxygens (including phenoxy) is 1. The number of piperidine rings is 1. The van der Waals surface area contributed by atoms with Crippen molar-refractivity contribution >= 4 is 6.09 Å². The number of aromatic nitrogens is 2. The fourth-order valence-electron chi connectivity index (χ4n) is 3.06. The van der Waals surface area contributed by atoms with E-state index in [-0.39, 0.29) is 6.09 Å². The molecule has 1 amide bonds. The monoisotopic (exact) mass is 327 g/mol. The van der Waals surface area contributed by atoms with E-state index in [2.05, 4.69) is 28.0 Å². The molecule has 3 rings (SSSR count). The van der Waals surface area contributed by atoms with E-state index in [0.29, 0.717) is 19.1 Å². The number of rotatable bonds is 2. The lowest BCUT2D eigenvalue weighted by atomic mass is 10.0. The summed E-state index contributed by atoms with van der Waals surface area (Å²) >= 11 is 0. The highest BCUT2D eigenvalue weighted by molar-refractivity contribution is 5.68. The molecule has 0 bridgehead atoms. The first-order valence-electron chi connectivity index (χ1n) is 8.51. The first-order valence-corrected chi connectivity index (χ1v) is 8.51. The number of carbonyl (C=O) groups is 1. The van der Waals surface area contributed by atoms with Crippen LogP contribution in [0.2, 0.25) is 0 Å². The topological polar surface area (TPSA) is 47.4 Å². The molecule has 1 aliphatic rings. The summed E-state index contributed by atoms with van der Waals surface area (Å²) in [6.45, 7) is 7.09. The molecule has 1 saturated heterocycles. The zero-order chi connectivity index (χ0) is 17.2. The summed E-state index contributed by atoms with van der Waals surface area (Å²) in [4.78, 5) is 14.0. The van der Waals surface area contributed by atoms with Gasteiger partial charge in [-0.1, -0.05) is 30.3 Å². The number of hydrogen-bond donors (Lipinski definition) is 0. The molecule has 5 nitrogen and oxygen atoms in total. The Hall–Kier alpha value is -2.30. The van der Waals surface area contributed by atoms with Crippen LogP contribution in [-0.2, 0) is 4.74 Å². The second kappa shape index (κ2) is 6.67. The highest BCUT2D eigenvalue weighted by atomic mass is 16.6. The van der Waals surface area contributed by atoms with Crippen LogP contribution in [0.3, 0.4) is 0 Å². The van der Waals surface area contributed by atoms with Gasteiger partial charge < -0.3 is 9.64 Å². The third-order valence-corrected chi connectivity index (χ3v) is 4.20. The van der Waals surface area contributed by atoms with Gasteiger partial charge in [0.25, 0.3) is 0 Å². The van der Waals surface area contributed by atoms with Gasteiger partial charge in [-0.05, 0) is 45.2 Å². The molecule has 5 heteroatoms. The number of hydrogen-bond acceptors (Lipinski definition) is 3. The molecule has 1 aromatic heterocycles. The average molecular weight is 327 g/mol. The van der Waals surface area contributed by atoms with E-state index in [1.165, 1.54) is 5.56 Å². The zero-order valence-corrected chi connectivity index (χ0v) is 14.6. The lowest BCUT2D eigenvalue weighted by molar-refractivity contribution is 0.0185. The maximum atomic E-state index is 12.2. The quantitative estimate of drug-likeness (QED) is 0.833. The van der Waals surface area contributed by atoms with Crippen LogP contribution >= 0.6 is 0 Å². The third kappa shape index (κ3) is 3.78. The first-order chi connectivity index (χ1) is 11.4. The van der Waals surface area contributed by atoms with Crippen LogP contribution in [0.4, 0.5) is 4.79 Å². The molecule has 128 valence electrons. The number of carbonyl (C=O) groups excluding carboxylic acids is 1. The molecule has 2 aromatic rings. The molecule has 0 aliphatic carbocycles. The van der Waals surface area contributed by atoms with Gasteiger partial charge in [-0.15, -0.1) is 0 Å². The van der Waals surface area contributed by atoms with Gasteiger partial charge in [-0.3, -0.25) is 4.68 Å². The van der Waals surface area contributed by atoms with Gasteiger partial charge in [-0.25, -0.2) is 4.79 Å². The van der Waals surface area contributed by atoms with Gasteiger partial charge in [-0.2, -0.15) is 5.10 Å². The van der Waals surface area contributed by atoms with Crippen LogP contribution in [0.5, 0.6) is 0 Å². The zero-order valence-electron chi connectivity index (χ0n) is 14.6. The summed E-state index contributed by atoms with van der Waals surface area (Å²) in [5, 5.41) is 4.53. The predicted octanol–water partition coefficient (Wildman–Crippen LogP) is 4.12. The van der Waals surface area contributed by atoms with E-state index in [0.717, 1.165) is 18.5 Å². The van der Waals surface area contributed by atoms with Crippen LogP contribution in [0.15, 0.2) is 42.6 Å². The second-order valence-corrected chi connectivity index (χ2v) is 7.23. The molecule has 0 radical (unpaired) electrons. The van der Waals surface area contributed by atoms with E-state index in [1.807, 2.05) is 45.2 Å². The Bertz CT molecular complexity index is 680. The molecule has 2 heterocycles.